The number of fused-ring (bicyclic) bond motifs is 2. The summed E-state index contributed by atoms with van der Waals surface area (Å²) in [6.45, 7) is 2.10. The Labute approximate surface area is 189 Å². The van der Waals surface area contributed by atoms with E-state index >= 15 is 0 Å². The molecule has 0 saturated heterocycles. The quantitative estimate of drug-likeness (QED) is 0.385. The third-order valence-corrected chi connectivity index (χ3v) is 6.93. The molecule has 6 heteroatoms. The fourth-order valence-corrected chi connectivity index (χ4v) is 5.58. The summed E-state index contributed by atoms with van der Waals surface area (Å²) in [5.74, 6) is 0. The number of aromatic nitrogens is 1. The number of benzene rings is 2. The molecule has 0 fully saturated rings. The molecule has 2 heterocycles. The first-order chi connectivity index (χ1) is 15.1. The van der Waals surface area contributed by atoms with Crippen molar-refractivity contribution in [2.24, 2.45) is 7.05 Å². The van der Waals surface area contributed by atoms with E-state index in [1.807, 2.05) is 42.5 Å². The maximum Gasteiger partial charge on any atom is 0.262 e. The molecule has 0 spiro atoms. The lowest BCUT2D eigenvalue weighted by Gasteiger charge is -1.99. The number of hydrogen-bond donors (Lipinski definition) is 1. The Morgan fingerprint density at radius 1 is 1.03 bits per heavy atom. The normalized spacial score (nSPS) is 14.8. The van der Waals surface area contributed by atoms with Crippen LogP contribution in [0.5, 0.6) is 0 Å². The van der Waals surface area contributed by atoms with Gasteiger partial charge in [-0.25, -0.2) is 0 Å². The van der Waals surface area contributed by atoms with Crippen LogP contribution in [0.15, 0.2) is 70.1 Å². The Kier molecular flexibility index (Phi) is 6.04. The smallest absolute Gasteiger partial charge is 0.262 e. The maximum atomic E-state index is 8.74. The van der Waals surface area contributed by atoms with Crippen molar-refractivity contribution in [1.29, 1.82) is 10.5 Å². The summed E-state index contributed by atoms with van der Waals surface area (Å²) >= 11 is 3.43. The Morgan fingerprint density at radius 3 is 2.48 bits per heavy atom. The van der Waals surface area contributed by atoms with Crippen molar-refractivity contribution in [3.63, 3.8) is 0 Å². The lowest BCUT2D eigenvalue weighted by Crippen LogP contribution is -2.28. The fourth-order valence-electron chi connectivity index (χ4n) is 3.30. The topological polar surface area (TPSA) is 63.5 Å². The molecule has 150 valence electrons. The fraction of sp³-hybridized carbons (Fsp3) is 0.0800. The van der Waals surface area contributed by atoms with Crippen LogP contribution in [-0.4, -0.2) is 0 Å². The van der Waals surface area contributed by atoms with Crippen molar-refractivity contribution in [3.05, 3.63) is 81.4 Å². The predicted molar refractivity (Wildman–Crippen MR) is 130 cm³/mol. The molecule has 1 aliphatic rings. The molecule has 0 bridgehead atoms. The number of nitriles is 2. The first kappa shape index (κ1) is 20.7. The van der Waals surface area contributed by atoms with Crippen molar-refractivity contribution < 1.29 is 4.57 Å². The van der Waals surface area contributed by atoms with E-state index in [0.29, 0.717) is 0 Å². The van der Waals surface area contributed by atoms with Crippen LogP contribution in [0.4, 0.5) is 5.69 Å². The lowest BCUT2D eigenvalue weighted by atomic mass is 10.2. The van der Waals surface area contributed by atoms with Gasteiger partial charge in [0.15, 0.2) is 0 Å². The van der Waals surface area contributed by atoms with E-state index in [1.54, 1.807) is 23.1 Å². The van der Waals surface area contributed by atoms with E-state index in [4.69, 9.17) is 10.5 Å². The summed E-state index contributed by atoms with van der Waals surface area (Å²) in [7, 11) is 2.07. The van der Waals surface area contributed by atoms with Crippen LogP contribution in [0.3, 0.4) is 0 Å². The van der Waals surface area contributed by atoms with Gasteiger partial charge in [0.25, 0.3) is 5.01 Å². The maximum absolute atomic E-state index is 8.74. The Morgan fingerprint density at radius 2 is 1.74 bits per heavy atom. The number of nitrogens with one attached hydrogen (secondary N) is 1. The number of rotatable bonds is 4. The van der Waals surface area contributed by atoms with Gasteiger partial charge < -0.3 is 5.32 Å². The van der Waals surface area contributed by atoms with Crippen molar-refractivity contribution in [3.8, 4) is 12.1 Å². The van der Waals surface area contributed by atoms with Crippen LogP contribution < -0.4 is 9.88 Å². The second-order valence-corrected chi connectivity index (χ2v) is 9.18. The van der Waals surface area contributed by atoms with E-state index in [0.717, 1.165) is 37.3 Å². The number of thiazole rings is 1. The monoisotopic (exact) mass is 439 g/mol. The van der Waals surface area contributed by atoms with Crippen LogP contribution in [0.2, 0.25) is 0 Å². The molecule has 31 heavy (non-hydrogen) atoms. The number of hydrogen-bond acceptors (Lipinski definition) is 5. The number of thioether (sulfide) groups is 1. The van der Waals surface area contributed by atoms with Gasteiger partial charge in [-0.3, -0.25) is 0 Å². The Balaban J connectivity index is 1.57. The van der Waals surface area contributed by atoms with Crippen molar-refractivity contribution in [1.82, 2.24) is 0 Å². The molecule has 0 amide bonds. The molecule has 1 aromatic heterocycles. The molecule has 0 atom stereocenters. The van der Waals surface area contributed by atoms with Crippen LogP contribution in [0, 0.1) is 22.7 Å². The van der Waals surface area contributed by atoms with Crippen molar-refractivity contribution >= 4 is 57.2 Å². The van der Waals surface area contributed by atoms with Crippen molar-refractivity contribution in [2.75, 3.05) is 5.32 Å². The lowest BCUT2D eigenvalue weighted by molar-refractivity contribution is -0.642. The molecule has 0 aliphatic carbocycles. The summed E-state index contributed by atoms with van der Waals surface area (Å²) in [5.41, 5.74) is 5.45. The second kappa shape index (κ2) is 9.06. The van der Waals surface area contributed by atoms with Gasteiger partial charge in [0.1, 0.15) is 11.7 Å². The molecule has 0 unspecified atom stereocenters. The zero-order valence-corrected chi connectivity index (χ0v) is 18.7. The molecule has 0 saturated carbocycles. The second-order valence-electron chi connectivity index (χ2n) is 7.03. The van der Waals surface area contributed by atoms with E-state index in [2.05, 4.69) is 54.2 Å². The molecular formula is C25H19N4S2+. The van der Waals surface area contributed by atoms with Crippen LogP contribution in [0.25, 0.3) is 28.4 Å². The van der Waals surface area contributed by atoms with Gasteiger partial charge in [0.2, 0.25) is 5.52 Å². The summed E-state index contributed by atoms with van der Waals surface area (Å²) in [6.07, 6.45) is 11.0. The summed E-state index contributed by atoms with van der Waals surface area (Å²) in [5, 5.41) is 23.2. The first-order valence-corrected chi connectivity index (χ1v) is 11.2. The van der Waals surface area contributed by atoms with Gasteiger partial charge in [-0.15, -0.1) is 0 Å². The third-order valence-electron chi connectivity index (χ3n) is 4.78. The van der Waals surface area contributed by atoms with Gasteiger partial charge in [0, 0.05) is 29.2 Å². The molecule has 0 radical (unpaired) electrons. The Hall–Kier alpha value is -3.58. The molecule has 2 aromatic carbocycles. The van der Waals surface area contributed by atoms with Crippen LogP contribution in [0.1, 0.15) is 23.1 Å². The van der Waals surface area contributed by atoms with Gasteiger partial charge in [-0.1, -0.05) is 29.2 Å². The average Bonchev–Trinajstić information content (AvgIpc) is 3.30. The van der Waals surface area contributed by atoms with Gasteiger partial charge in [-0.2, -0.15) is 15.1 Å². The molecule has 1 N–H and O–H groups in total. The summed E-state index contributed by atoms with van der Waals surface area (Å²) in [4.78, 5) is 1.16. The highest BCUT2D eigenvalue weighted by Gasteiger charge is 2.17. The molecular weight excluding hydrogens is 420 g/mol. The van der Waals surface area contributed by atoms with E-state index < -0.39 is 0 Å². The minimum atomic E-state index is 1.02. The molecule has 4 rings (SSSR count). The van der Waals surface area contributed by atoms with Crippen LogP contribution >= 0.6 is 23.1 Å². The minimum absolute atomic E-state index is 1.02. The van der Waals surface area contributed by atoms with Gasteiger partial charge in [0.05, 0.1) is 22.9 Å². The van der Waals surface area contributed by atoms with E-state index in [1.165, 1.54) is 22.4 Å². The Bertz CT molecular complexity index is 1370. The summed E-state index contributed by atoms with van der Waals surface area (Å²) < 4.78 is 3.38. The molecule has 4 nitrogen and oxygen atoms in total. The molecule has 1 aliphatic heterocycles. The van der Waals surface area contributed by atoms with E-state index in [-0.39, 0.29) is 0 Å². The number of allylic oxidation sites excluding steroid dienone is 4. The van der Waals surface area contributed by atoms with Gasteiger partial charge in [-0.05, 0) is 66.1 Å². The van der Waals surface area contributed by atoms with Gasteiger partial charge >= 0.3 is 0 Å². The number of nitrogens with zero attached hydrogens (tertiary/aromatic N) is 3. The zero-order chi connectivity index (χ0) is 21.8. The van der Waals surface area contributed by atoms with E-state index in [9.17, 15) is 0 Å². The van der Waals surface area contributed by atoms with Crippen molar-refractivity contribution in [2.45, 2.75) is 11.8 Å². The number of aryl methyl sites for hydroxylation is 1. The predicted octanol–water partition coefficient (Wildman–Crippen LogP) is 6.26. The molecule has 3 aromatic rings. The standard InChI is InChI=1S/C25H18N4S2/c1-17(13-24-28-20-9-7-18(5-3-11-26)15-22(20)30-24)14-25-29(2)21-10-8-19(6-4-12-27)16-23(21)31-25/h3-10,13-16H,1-2H3/p+1/b5-3+,6-4+. The third kappa shape index (κ3) is 4.62. The first-order valence-electron chi connectivity index (χ1n) is 9.61. The highest BCUT2D eigenvalue weighted by molar-refractivity contribution is 8.03. The highest BCUT2D eigenvalue weighted by atomic mass is 32.2. The van der Waals surface area contributed by atoms with Crippen LogP contribution in [-0.2, 0) is 7.05 Å². The number of anilines is 1. The SMILES string of the molecule is CC(/C=C1/Nc2ccc(/C=C/C#N)cc2S1)=C\c1sc2cc(/C=C/C#N)ccc2[n+]1C. The highest BCUT2D eigenvalue weighted by Crippen LogP contribution is 2.42. The largest absolute Gasteiger partial charge is 0.349 e. The average molecular weight is 440 g/mol. The summed E-state index contributed by atoms with van der Waals surface area (Å²) in [6, 6.07) is 16.4. The zero-order valence-electron chi connectivity index (χ0n) is 17.1. The minimum Gasteiger partial charge on any atom is -0.349 e.